The normalized spacial score (nSPS) is 21.0. The van der Waals surface area contributed by atoms with Gasteiger partial charge < -0.3 is 10.2 Å². The highest BCUT2D eigenvalue weighted by Gasteiger charge is 2.29. The summed E-state index contributed by atoms with van der Waals surface area (Å²) in [5.41, 5.74) is 4.70. The van der Waals surface area contributed by atoms with Crippen LogP contribution in [0, 0.1) is 5.92 Å². The van der Waals surface area contributed by atoms with Gasteiger partial charge in [0.25, 0.3) is 0 Å². The molecular formula is C23H26N2O2. The van der Waals surface area contributed by atoms with Crippen molar-refractivity contribution in [3.63, 3.8) is 0 Å². The second kappa shape index (κ2) is 7.55. The quantitative estimate of drug-likeness (QED) is 0.890. The molecule has 0 fully saturated rings. The molecule has 0 saturated carbocycles. The van der Waals surface area contributed by atoms with Crippen LogP contribution in [0.2, 0.25) is 0 Å². The summed E-state index contributed by atoms with van der Waals surface area (Å²) in [5.74, 6) is 0.0337. The number of anilines is 1. The monoisotopic (exact) mass is 362 g/mol. The van der Waals surface area contributed by atoms with E-state index < -0.39 is 0 Å². The predicted octanol–water partition coefficient (Wildman–Crippen LogP) is 4.11. The number of benzene rings is 2. The second-order valence-corrected chi connectivity index (χ2v) is 7.70. The van der Waals surface area contributed by atoms with Crippen LogP contribution >= 0.6 is 0 Å². The Bertz CT molecular complexity index is 861. The van der Waals surface area contributed by atoms with Crippen molar-refractivity contribution >= 4 is 17.5 Å². The van der Waals surface area contributed by atoms with E-state index in [1.165, 1.54) is 11.1 Å². The van der Waals surface area contributed by atoms with Crippen molar-refractivity contribution in [3.8, 4) is 0 Å². The van der Waals surface area contributed by atoms with Gasteiger partial charge in [-0.1, -0.05) is 42.5 Å². The maximum Gasteiger partial charge on any atom is 0.227 e. The predicted molar refractivity (Wildman–Crippen MR) is 106 cm³/mol. The first-order valence-corrected chi connectivity index (χ1v) is 9.85. The number of para-hydroxylation sites is 1. The summed E-state index contributed by atoms with van der Waals surface area (Å²) < 4.78 is 0. The smallest absolute Gasteiger partial charge is 0.227 e. The van der Waals surface area contributed by atoms with Crippen LogP contribution < -0.4 is 5.32 Å². The van der Waals surface area contributed by atoms with Crippen LogP contribution in [-0.4, -0.2) is 23.8 Å². The lowest BCUT2D eigenvalue weighted by Gasteiger charge is -2.34. The van der Waals surface area contributed by atoms with Crippen LogP contribution in [-0.2, 0) is 22.4 Å². The molecule has 0 saturated heterocycles. The lowest BCUT2D eigenvalue weighted by Crippen LogP contribution is -2.35. The largest absolute Gasteiger partial charge is 0.339 e. The molecule has 0 bridgehead atoms. The molecule has 2 aromatic carbocycles. The Morgan fingerprint density at radius 1 is 1.11 bits per heavy atom. The Hall–Kier alpha value is -2.62. The summed E-state index contributed by atoms with van der Waals surface area (Å²) in [6, 6.07) is 16.5. The number of carbonyl (C=O) groups excluding carboxylic acids is 2. The molecule has 2 aromatic rings. The summed E-state index contributed by atoms with van der Waals surface area (Å²) in [7, 11) is 1.91. The first-order valence-electron chi connectivity index (χ1n) is 9.85. The van der Waals surface area contributed by atoms with E-state index in [1.54, 1.807) is 0 Å². The molecule has 0 radical (unpaired) electrons. The number of nitrogens with zero attached hydrogens (tertiary/aromatic N) is 1. The van der Waals surface area contributed by atoms with Gasteiger partial charge in [-0.25, -0.2) is 0 Å². The van der Waals surface area contributed by atoms with Gasteiger partial charge in [0.2, 0.25) is 11.8 Å². The van der Waals surface area contributed by atoms with E-state index >= 15 is 0 Å². The molecule has 0 unspecified atom stereocenters. The number of rotatable bonds is 4. The number of hydrogen-bond donors (Lipinski definition) is 1. The standard InChI is InChI=1S/C23H26N2O2/c1-25(21-12-6-9-16-7-2-4-10-19(16)21)22(26)14-13-18-15-17-8-3-5-11-20(17)24-23(18)27/h2-5,7-8,10-11,18,21H,6,9,12-15H2,1H3,(H,24,27)/t18-,21+/m1/s1. The molecule has 1 heterocycles. The van der Waals surface area contributed by atoms with Gasteiger partial charge in [-0.2, -0.15) is 0 Å². The fourth-order valence-electron chi connectivity index (χ4n) is 4.42. The van der Waals surface area contributed by atoms with Crippen LogP contribution in [0.5, 0.6) is 0 Å². The summed E-state index contributed by atoms with van der Waals surface area (Å²) in [4.78, 5) is 27.1. The van der Waals surface area contributed by atoms with Crippen molar-refractivity contribution in [2.75, 3.05) is 12.4 Å². The van der Waals surface area contributed by atoms with Crippen molar-refractivity contribution < 1.29 is 9.59 Å². The fourth-order valence-corrected chi connectivity index (χ4v) is 4.42. The highest BCUT2D eigenvalue weighted by Crippen LogP contribution is 2.34. The lowest BCUT2D eigenvalue weighted by atomic mass is 9.86. The number of aryl methyl sites for hydroxylation is 1. The van der Waals surface area contributed by atoms with E-state index in [2.05, 4.69) is 35.6 Å². The summed E-state index contributed by atoms with van der Waals surface area (Å²) in [6.07, 6.45) is 4.94. The highest BCUT2D eigenvalue weighted by molar-refractivity contribution is 5.96. The SMILES string of the molecule is CN(C(=O)CC[C@@H]1Cc2ccccc2NC1=O)[C@H]1CCCc2ccccc21. The molecule has 140 valence electrons. The van der Waals surface area contributed by atoms with Gasteiger partial charge in [-0.3, -0.25) is 9.59 Å². The molecule has 2 amide bonds. The first-order chi connectivity index (χ1) is 13.1. The molecule has 0 aromatic heterocycles. The molecule has 0 spiro atoms. The van der Waals surface area contributed by atoms with Gasteiger partial charge in [0, 0.05) is 25.1 Å². The Morgan fingerprint density at radius 2 is 1.85 bits per heavy atom. The van der Waals surface area contributed by atoms with Crippen molar-refractivity contribution in [1.29, 1.82) is 0 Å². The lowest BCUT2D eigenvalue weighted by molar-refractivity contribution is -0.133. The number of amides is 2. The van der Waals surface area contributed by atoms with E-state index in [0.29, 0.717) is 19.3 Å². The zero-order chi connectivity index (χ0) is 18.8. The Morgan fingerprint density at radius 3 is 2.70 bits per heavy atom. The summed E-state index contributed by atoms with van der Waals surface area (Å²) >= 11 is 0. The van der Waals surface area contributed by atoms with Crippen LogP contribution in [0.25, 0.3) is 0 Å². The molecular weight excluding hydrogens is 336 g/mol. The number of carbonyl (C=O) groups is 2. The van der Waals surface area contributed by atoms with Gasteiger partial charge >= 0.3 is 0 Å². The topological polar surface area (TPSA) is 49.4 Å². The van der Waals surface area contributed by atoms with Gasteiger partial charge in [0.05, 0.1) is 6.04 Å². The molecule has 2 atom stereocenters. The zero-order valence-corrected chi connectivity index (χ0v) is 15.8. The average molecular weight is 362 g/mol. The molecule has 4 rings (SSSR count). The maximum absolute atomic E-state index is 12.8. The fraction of sp³-hybridized carbons (Fsp3) is 0.391. The third kappa shape index (κ3) is 3.61. The molecule has 2 aliphatic rings. The van der Waals surface area contributed by atoms with Crippen LogP contribution in [0.15, 0.2) is 48.5 Å². The van der Waals surface area contributed by atoms with Gasteiger partial charge in [0.1, 0.15) is 0 Å². The molecule has 1 aliphatic heterocycles. The van der Waals surface area contributed by atoms with Crippen molar-refractivity contribution in [2.45, 2.75) is 44.6 Å². The van der Waals surface area contributed by atoms with E-state index in [-0.39, 0.29) is 23.8 Å². The van der Waals surface area contributed by atoms with E-state index in [9.17, 15) is 9.59 Å². The van der Waals surface area contributed by atoms with Crippen LogP contribution in [0.4, 0.5) is 5.69 Å². The minimum absolute atomic E-state index is 0.0344. The third-order valence-corrected chi connectivity index (χ3v) is 6.02. The third-order valence-electron chi connectivity index (χ3n) is 6.02. The molecule has 1 N–H and O–H groups in total. The molecule has 27 heavy (non-hydrogen) atoms. The van der Waals surface area contributed by atoms with E-state index in [0.717, 1.165) is 30.5 Å². The molecule has 4 nitrogen and oxygen atoms in total. The van der Waals surface area contributed by atoms with Gasteiger partial charge in [-0.05, 0) is 54.9 Å². The van der Waals surface area contributed by atoms with Crippen LogP contribution in [0.1, 0.15) is 48.4 Å². The number of hydrogen-bond acceptors (Lipinski definition) is 2. The van der Waals surface area contributed by atoms with Crippen LogP contribution in [0.3, 0.4) is 0 Å². The minimum Gasteiger partial charge on any atom is -0.339 e. The maximum atomic E-state index is 12.8. The molecule has 4 heteroatoms. The second-order valence-electron chi connectivity index (χ2n) is 7.70. The molecule has 1 aliphatic carbocycles. The Labute approximate surface area is 160 Å². The zero-order valence-electron chi connectivity index (χ0n) is 15.8. The average Bonchev–Trinajstić information content (AvgIpc) is 2.71. The van der Waals surface area contributed by atoms with Crippen molar-refractivity contribution in [3.05, 3.63) is 65.2 Å². The number of fused-ring (bicyclic) bond motifs is 2. The highest BCUT2D eigenvalue weighted by atomic mass is 16.2. The van der Waals surface area contributed by atoms with E-state index in [1.807, 2.05) is 30.1 Å². The Balaban J connectivity index is 1.39. The van der Waals surface area contributed by atoms with Crippen molar-refractivity contribution in [1.82, 2.24) is 4.90 Å². The Kier molecular flexibility index (Phi) is 4.97. The summed E-state index contributed by atoms with van der Waals surface area (Å²) in [6.45, 7) is 0. The van der Waals surface area contributed by atoms with Gasteiger partial charge in [0.15, 0.2) is 0 Å². The van der Waals surface area contributed by atoms with Crippen molar-refractivity contribution in [2.24, 2.45) is 5.92 Å². The first kappa shape index (κ1) is 17.8. The number of nitrogens with one attached hydrogen (secondary N) is 1. The summed E-state index contributed by atoms with van der Waals surface area (Å²) in [5, 5.41) is 2.98. The van der Waals surface area contributed by atoms with Gasteiger partial charge in [-0.15, -0.1) is 0 Å². The minimum atomic E-state index is -0.129. The van der Waals surface area contributed by atoms with E-state index in [4.69, 9.17) is 0 Å².